The fourth-order valence-electron chi connectivity index (χ4n) is 2.38. The number of quaternary nitrogens is 1. The molecule has 7 heteroatoms. The number of carbonyl (C=O) groups excluding carboxylic acids is 1. The predicted molar refractivity (Wildman–Crippen MR) is 73.0 cm³/mol. The van der Waals surface area contributed by atoms with E-state index in [1.54, 1.807) is 42.5 Å². The van der Waals surface area contributed by atoms with Crippen molar-refractivity contribution in [1.29, 1.82) is 0 Å². The molecule has 1 aliphatic heterocycles. The molecule has 0 spiro atoms. The number of amides is 1. The van der Waals surface area contributed by atoms with Crippen LogP contribution in [0.15, 0.2) is 48.5 Å². The number of anilines is 1. The van der Waals surface area contributed by atoms with Crippen LogP contribution >= 0.6 is 0 Å². The second-order valence-corrected chi connectivity index (χ2v) is 4.63. The van der Waals surface area contributed by atoms with Crippen molar-refractivity contribution in [3.8, 4) is 0 Å². The van der Waals surface area contributed by atoms with Crippen LogP contribution in [-0.4, -0.2) is 21.4 Å². The van der Waals surface area contributed by atoms with Crippen LogP contribution < -0.4 is 10.5 Å². The van der Waals surface area contributed by atoms with E-state index in [-0.39, 0.29) is 5.69 Å². The summed E-state index contributed by atoms with van der Waals surface area (Å²) in [4.78, 5) is 12.2. The maximum Gasteiger partial charge on any atom is 0.281 e. The average molecular weight is 287 g/mol. The Kier molecular flexibility index (Phi) is 3.32. The van der Waals surface area contributed by atoms with E-state index in [1.165, 1.54) is 6.07 Å². The molecule has 2 aromatic rings. The normalized spacial score (nSPS) is 18.9. The first-order valence-corrected chi connectivity index (χ1v) is 6.30. The van der Waals surface area contributed by atoms with Gasteiger partial charge in [-0.15, -0.1) is 0 Å². The zero-order chi connectivity index (χ0) is 15.0. The number of benzene rings is 2. The van der Waals surface area contributed by atoms with Gasteiger partial charge in [-0.25, -0.2) is 5.21 Å². The molecule has 0 aliphatic carbocycles. The van der Waals surface area contributed by atoms with Crippen molar-refractivity contribution in [3.63, 3.8) is 0 Å². The van der Waals surface area contributed by atoms with Gasteiger partial charge in [0.05, 0.1) is 11.1 Å². The van der Waals surface area contributed by atoms with Gasteiger partial charge in [-0.3, -0.25) is 10.0 Å². The summed E-state index contributed by atoms with van der Waals surface area (Å²) in [5.74, 6) is -0.574. The number of nitrogens with one attached hydrogen (secondary N) is 2. The minimum Gasteiger partial charge on any atom is -0.595 e. The Morgan fingerprint density at radius 1 is 1.14 bits per heavy atom. The molecule has 7 nitrogen and oxygen atoms in total. The van der Waals surface area contributed by atoms with Crippen LogP contribution in [0.25, 0.3) is 0 Å². The Morgan fingerprint density at radius 3 is 2.57 bits per heavy atom. The molecule has 0 aromatic heterocycles. The van der Waals surface area contributed by atoms with Crippen LogP contribution in [0.1, 0.15) is 22.1 Å². The Morgan fingerprint density at radius 2 is 1.81 bits per heavy atom. The zero-order valence-corrected chi connectivity index (χ0v) is 10.9. The van der Waals surface area contributed by atoms with Gasteiger partial charge >= 0.3 is 0 Å². The Balaban J connectivity index is 2.07. The van der Waals surface area contributed by atoms with Gasteiger partial charge in [0.25, 0.3) is 5.91 Å². The van der Waals surface area contributed by atoms with Crippen LogP contribution in [0.4, 0.5) is 11.4 Å². The molecule has 0 bridgehead atoms. The van der Waals surface area contributed by atoms with Crippen LogP contribution in [0.5, 0.6) is 0 Å². The maximum absolute atomic E-state index is 12.2. The van der Waals surface area contributed by atoms with Crippen LogP contribution in [0.3, 0.4) is 0 Å². The van der Waals surface area contributed by atoms with Crippen molar-refractivity contribution >= 4 is 17.3 Å². The molecule has 1 aliphatic rings. The molecule has 0 fully saturated rings. The van der Waals surface area contributed by atoms with Gasteiger partial charge in [0.15, 0.2) is 11.9 Å². The first-order valence-electron chi connectivity index (χ1n) is 6.30. The number of hydroxylamine groups is 2. The van der Waals surface area contributed by atoms with Crippen molar-refractivity contribution in [2.75, 3.05) is 5.32 Å². The molecule has 3 rings (SSSR count). The molecule has 0 saturated carbocycles. The second kappa shape index (κ2) is 5.15. The number of rotatable bonds is 2. The van der Waals surface area contributed by atoms with Crippen LogP contribution in [0, 0.1) is 5.21 Å². The quantitative estimate of drug-likeness (QED) is 0.488. The highest BCUT2D eigenvalue weighted by atomic mass is 16.8. The first kappa shape index (κ1) is 13.5. The smallest absolute Gasteiger partial charge is 0.281 e. The molecular weight excluding hydrogens is 274 g/mol. The third kappa shape index (κ3) is 2.24. The summed E-state index contributed by atoms with van der Waals surface area (Å²) in [6.45, 7) is 0. The van der Waals surface area contributed by atoms with Crippen LogP contribution in [0.2, 0.25) is 0 Å². The Labute approximate surface area is 120 Å². The van der Waals surface area contributed by atoms with E-state index in [0.29, 0.717) is 21.9 Å². The SMILES string of the molecule is O=C1c2ccccc2N[C@H](c2ccccc2[NH+]([O-])O)N1O. The van der Waals surface area contributed by atoms with Crippen molar-refractivity contribution < 1.29 is 20.4 Å². The van der Waals surface area contributed by atoms with Gasteiger partial charge in [-0.05, 0) is 18.2 Å². The van der Waals surface area contributed by atoms with Crippen molar-refractivity contribution in [2.24, 2.45) is 0 Å². The van der Waals surface area contributed by atoms with E-state index in [4.69, 9.17) is 0 Å². The molecule has 2 aromatic carbocycles. The van der Waals surface area contributed by atoms with E-state index >= 15 is 0 Å². The molecule has 4 N–H and O–H groups in total. The largest absolute Gasteiger partial charge is 0.595 e. The fourth-order valence-corrected chi connectivity index (χ4v) is 2.38. The van der Waals surface area contributed by atoms with Gasteiger partial charge < -0.3 is 10.5 Å². The minimum atomic E-state index is -1.12. The number of carbonyl (C=O) groups is 1. The highest BCUT2D eigenvalue weighted by molar-refractivity contribution is 6.01. The summed E-state index contributed by atoms with van der Waals surface area (Å²) in [5, 5.41) is 33.0. The standard InChI is InChI=1S/C14H13N3O4/c18-14-9-5-1-3-7-11(9)15-13(16(14)19)10-6-2-4-8-12(10)17(20)21/h1-8,13,15,17,19-20H/t13-/m0/s1. The predicted octanol–water partition coefficient (Wildman–Crippen LogP) is 1.05. The summed E-state index contributed by atoms with van der Waals surface area (Å²) in [6, 6.07) is 13.0. The molecule has 108 valence electrons. The number of fused-ring (bicyclic) bond motifs is 1. The fraction of sp³-hybridized carbons (Fsp3) is 0.0714. The van der Waals surface area contributed by atoms with E-state index in [2.05, 4.69) is 5.32 Å². The summed E-state index contributed by atoms with van der Waals surface area (Å²) in [5.41, 5.74) is 1.23. The Bertz CT molecular complexity index is 689. The van der Waals surface area contributed by atoms with Gasteiger partial charge in [0.2, 0.25) is 0 Å². The lowest BCUT2D eigenvalue weighted by Crippen LogP contribution is -2.99. The lowest BCUT2D eigenvalue weighted by atomic mass is 10.0. The highest BCUT2D eigenvalue weighted by Crippen LogP contribution is 2.33. The third-order valence-electron chi connectivity index (χ3n) is 3.39. The second-order valence-electron chi connectivity index (χ2n) is 4.63. The summed E-state index contributed by atoms with van der Waals surface area (Å²) < 4.78 is 0. The monoisotopic (exact) mass is 287 g/mol. The number of para-hydroxylation sites is 2. The summed E-state index contributed by atoms with van der Waals surface area (Å²) >= 11 is 0. The first-order chi connectivity index (χ1) is 10.1. The number of hydrogen-bond donors (Lipinski definition) is 4. The molecule has 1 heterocycles. The lowest BCUT2D eigenvalue weighted by molar-refractivity contribution is -0.991. The van der Waals surface area contributed by atoms with Gasteiger partial charge in [-0.1, -0.05) is 24.3 Å². The van der Waals surface area contributed by atoms with E-state index < -0.39 is 17.3 Å². The molecule has 1 amide bonds. The number of nitrogens with zero attached hydrogens (tertiary/aromatic N) is 1. The molecule has 0 saturated heterocycles. The maximum atomic E-state index is 12.2. The van der Waals surface area contributed by atoms with Crippen LogP contribution in [-0.2, 0) is 0 Å². The van der Waals surface area contributed by atoms with Crippen molar-refractivity contribution in [2.45, 2.75) is 6.17 Å². The summed E-state index contributed by atoms with van der Waals surface area (Å²) in [7, 11) is 0. The molecule has 21 heavy (non-hydrogen) atoms. The van der Waals surface area contributed by atoms with Gasteiger partial charge in [-0.2, -0.15) is 10.3 Å². The lowest BCUT2D eigenvalue weighted by Gasteiger charge is -2.34. The Hall–Kier alpha value is -2.45. The minimum absolute atomic E-state index is 0.0289. The van der Waals surface area contributed by atoms with Gasteiger partial charge in [0.1, 0.15) is 0 Å². The molecule has 1 unspecified atom stereocenters. The topological polar surface area (TPSA) is 100 Å². The van der Waals surface area contributed by atoms with Crippen molar-refractivity contribution in [1.82, 2.24) is 5.06 Å². The highest BCUT2D eigenvalue weighted by Gasteiger charge is 2.34. The van der Waals surface area contributed by atoms with E-state index in [1.807, 2.05) is 0 Å². The third-order valence-corrected chi connectivity index (χ3v) is 3.39. The summed E-state index contributed by atoms with van der Waals surface area (Å²) in [6.07, 6.45) is -0.945. The van der Waals surface area contributed by atoms with Crippen molar-refractivity contribution in [3.05, 3.63) is 64.9 Å². The zero-order valence-electron chi connectivity index (χ0n) is 10.9. The van der Waals surface area contributed by atoms with Gasteiger partial charge in [0, 0.05) is 11.8 Å². The molecule has 2 atom stereocenters. The number of hydrogen-bond acceptors (Lipinski definition) is 5. The average Bonchev–Trinajstić information content (AvgIpc) is 2.51. The molecule has 0 radical (unpaired) electrons. The van der Waals surface area contributed by atoms with E-state index in [0.717, 1.165) is 0 Å². The van der Waals surface area contributed by atoms with E-state index in [9.17, 15) is 20.4 Å². The molecular formula is C14H13N3O4.